The molecule has 0 heterocycles. The summed E-state index contributed by atoms with van der Waals surface area (Å²) in [5, 5.41) is 0. The molecule has 0 bridgehead atoms. The van der Waals surface area contributed by atoms with E-state index < -0.39 is 30.4 Å². The van der Waals surface area contributed by atoms with E-state index >= 15 is 0 Å². The third kappa shape index (κ3) is 2.47. The first kappa shape index (κ1) is 9.13. The number of rotatable bonds is 3. The van der Waals surface area contributed by atoms with E-state index in [0.29, 0.717) is 0 Å². The van der Waals surface area contributed by atoms with Gasteiger partial charge in [0.15, 0.2) is 0 Å². The summed E-state index contributed by atoms with van der Waals surface area (Å²) in [5.74, 6) is -0.981. The lowest BCUT2D eigenvalue weighted by atomic mass is 10.3. The fraction of sp³-hybridized carbons (Fsp3) is 0.600. The molecule has 0 aliphatic rings. The van der Waals surface area contributed by atoms with Crippen LogP contribution in [0, 0.1) is 0 Å². The molecule has 0 saturated carbocycles. The van der Waals surface area contributed by atoms with Crippen LogP contribution in [0.1, 0.15) is 13.3 Å². The van der Waals surface area contributed by atoms with Gasteiger partial charge in [-0.2, -0.15) is 8.78 Å². The van der Waals surface area contributed by atoms with Crippen LogP contribution in [0.25, 0.3) is 0 Å². The van der Waals surface area contributed by atoms with Gasteiger partial charge in [-0.25, -0.2) is 0 Å². The third-order valence-electron chi connectivity index (χ3n) is 0.805. The molecule has 4 heteroatoms. The minimum atomic E-state index is -3.09. The number of hydrogen-bond acceptors (Lipinski definition) is 1. The maximum atomic E-state index is 12.2. The Balaban J connectivity index is 4.14. The van der Waals surface area contributed by atoms with Crippen molar-refractivity contribution in [2.24, 2.45) is 0 Å². The zero-order valence-corrected chi connectivity index (χ0v) is 7.11. The van der Waals surface area contributed by atoms with Crippen LogP contribution in [0.2, 0.25) is 0 Å². The van der Waals surface area contributed by atoms with E-state index in [1.165, 1.54) is 6.92 Å². The van der Waals surface area contributed by atoms with Crippen LogP contribution in [-0.2, 0) is 4.79 Å². The molecule has 0 atom stereocenters. The lowest BCUT2D eigenvalue weighted by molar-refractivity contribution is -0.130. The topological polar surface area (TPSA) is 17.1 Å². The van der Waals surface area contributed by atoms with Crippen molar-refractivity contribution in [1.29, 1.82) is 0 Å². The Morgan fingerprint density at radius 1 is 1.78 bits per heavy atom. The summed E-state index contributed by atoms with van der Waals surface area (Å²) in [5.41, 5.74) is 0. The van der Waals surface area contributed by atoms with Gasteiger partial charge in [-0.3, -0.25) is 4.79 Å². The van der Waals surface area contributed by atoms with E-state index in [1.807, 2.05) is 0 Å². The van der Waals surface area contributed by atoms with Gasteiger partial charge >= 0.3 is 3.93 Å². The Morgan fingerprint density at radius 2 is 2.22 bits per heavy atom. The summed E-state index contributed by atoms with van der Waals surface area (Å²) in [4.78, 5) is 10.3. The van der Waals surface area contributed by atoms with E-state index in [-0.39, 0.29) is 6.42 Å². The van der Waals surface area contributed by atoms with Crippen molar-refractivity contribution in [2.75, 3.05) is 0 Å². The standard InChI is InChI=1S/C5H7F2IO/c1-3-4(9)5(6,7)8-2/h2-3H2,1H3. The molecule has 0 aromatic carbocycles. The summed E-state index contributed by atoms with van der Waals surface area (Å²) in [6.07, 6.45) is -0.0950. The number of halogens is 3. The Labute approximate surface area is 62.2 Å². The quantitative estimate of drug-likeness (QED) is 0.551. The monoisotopic (exact) mass is 248 g/mol. The van der Waals surface area contributed by atoms with Crippen molar-refractivity contribution >= 4 is 31.0 Å². The molecule has 1 nitrogen and oxygen atoms in total. The van der Waals surface area contributed by atoms with E-state index in [0.717, 1.165) is 0 Å². The highest BCUT2D eigenvalue weighted by molar-refractivity contribution is 14.2. The molecule has 0 spiro atoms. The van der Waals surface area contributed by atoms with Gasteiger partial charge < -0.3 is 0 Å². The van der Waals surface area contributed by atoms with Crippen LogP contribution >= 0.6 is 20.7 Å². The lowest BCUT2D eigenvalue weighted by Gasteiger charge is -2.05. The molecule has 0 aromatic heterocycles. The normalized spacial score (nSPS) is 11.4. The number of ketones is 1. The van der Waals surface area contributed by atoms with E-state index in [4.69, 9.17) is 0 Å². The van der Waals surface area contributed by atoms with Crippen molar-refractivity contribution in [3.63, 3.8) is 0 Å². The van der Waals surface area contributed by atoms with Crippen LogP contribution in [0.15, 0.2) is 0 Å². The Kier molecular flexibility index (Phi) is 3.38. The van der Waals surface area contributed by atoms with Crippen molar-refractivity contribution in [3.8, 4) is 0 Å². The number of carbonyl (C=O) groups is 1. The van der Waals surface area contributed by atoms with Crippen molar-refractivity contribution in [3.05, 3.63) is 0 Å². The first-order valence-electron chi connectivity index (χ1n) is 2.35. The average molecular weight is 248 g/mol. The van der Waals surface area contributed by atoms with E-state index in [1.54, 1.807) is 0 Å². The molecule has 0 amide bonds. The zero-order valence-electron chi connectivity index (χ0n) is 4.96. The smallest absolute Gasteiger partial charge is 0.292 e. The minimum Gasteiger partial charge on any atom is -0.292 e. The Morgan fingerprint density at radius 3 is 2.33 bits per heavy atom. The van der Waals surface area contributed by atoms with Gasteiger partial charge in [-0.1, -0.05) is 11.4 Å². The second-order valence-corrected chi connectivity index (χ2v) is 3.53. The summed E-state index contributed by atoms with van der Waals surface area (Å²) < 4.78 is 24.3. The highest BCUT2D eigenvalue weighted by Gasteiger charge is 2.33. The first-order valence-corrected chi connectivity index (χ1v) is 4.95. The molecule has 0 saturated heterocycles. The zero-order chi connectivity index (χ0) is 7.49. The van der Waals surface area contributed by atoms with E-state index in [9.17, 15) is 13.6 Å². The maximum absolute atomic E-state index is 12.2. The fourth-order valence-electron chi connectivity index (χ4n) is 0.275. The van der Waals surface area contributed by atoms with Crippen molar-refractivity contribution < 1.29 is 13.6 Å². The molecule has 0 aromatic rings. The van der Waals surface area contributed by atoms with Gasteiger partial charge in [-0.15, -0.1) is 0 Å². The Bertz CT molecular complexity index is 133. The van der Waals surface area contributed by atoms with Crippen LogP contribution < -0.4 is 0 Å². The number of carbonyl (C=O) groups excluding carboxylic acids is 1. The summed E-state index contributed by atoms with van der Waals surface area (Å²) >= 11 is -1.52. The van der Waals surface area contributed by atoms with Gasteiger partial charge in [0.2, 0.25) is 5.78 Å². The minimum absolute atomic E-state index is 0.0950. The summed E-state index contributed by atoms with van der Waals surface area (Å²) in [6.45, 7) is 1.43. The summed E-state index contributed by atoms with van der Waals surface area (Å²) in [7, 11) is 0. The SMILES string of the molecule is C=IC(F)(F)C(=O)CC. The number of alkyl halides is 3. The first-order chi connectivity index (χ1) is 4.04. The lowest BCUT2D eigenvalue weighted by Crippen LogP contribution is -2.19. The molecule has 0 aliphatic heterocycles. The number of Topliss-reactive ketones (excluding diaryl/α,β-unsaturated/α-hetero) is 1. The van der Waals surface area contributed by atoms with Crippen molar-refractivity contribution in [1.82, 2.24) is 0 Å². The van der Waals surface area contributed by atoms with Gasteiger partial charge in [0.1, 0.15) is 0 Å². The van der Waals surface area contributed by atoms with Crippen LogP contribution in [-0.4, -0.2) is 14.2 Å². The third-order valence-corrected chi connectivity index (χ3v) is 2.36. The maximum Gasteiger partial charge on any atom is 0.348 e. The van der Waals surface area contributed by atoms with Crippen molar-refractivity contribution in [2.45, 2.75) is 17.3 Å². The fourth-order valence-corrected chi connectivity index (χ4v) is 1.08. The van der Waals surface area contributed by atoms with Gasteiger partial charge in [-0.05, 0) is 20.7 Å². The van der Waals surface area contributed by atoms with Crippen LogP contribution in [0.5, 0.6) is 0 Å². The molecule has 0 radical (unpaired) electrons. The molecule has 0 unspecified atom stereocenters. The van der Waals surface area contributed by atoms with Gasteiger partial charge in [0.25, 0.3) is 0 Å². The molecule has 0 aliphatic carbocycles. The van der Waals surface area contributed by atoms with E-state index in [2.05, 4.69) is 4.51 Å². The highest BCUT2D eigenvalue weighted by atomic mass is 127. The van der Waals surface area contributed by atoms with Gasteiger partial charge in [0, 0.05) is 6.42 Å². The Hall–Kier alpha value is 0.130. The molecule has 0 rings (SSSR count). The summed E-state index contributed by atoms with van der Waals surface area (Å²) in [6, 6.07) is 0. The largest absolute Gasteiger partial charge is 0.348 e. The molecular weight excluding hydrogens is 241 g/mol. The molecule has 0 N–H and O–H groups in total. The predicted molar refractivity (Wildman–Crippen MR) is 41.4 cm³/mol. The molecule has 54 valence electrons. The average Bonchev–Trinajstić information content (AvgIpc) is 1.86. The second kappa shape index (κ2) is 3.34. The predicted octanol–water partition coefficient (Wildman–Crippen LogP) is 1.96. The highest BCUT2D eigenvalue weighted by Crippen LogP contribution is 2.28. The molecule has 9 heavy (non-hydrogen) atoms. The van der Waals surface area contributed by atoms with Gasteiger partial charge in [0.05, 0.1) is 0 Å². The molecule has 0 fully saturated rings. The molecular formula is C5H7F2IO. The van der Waals surface area contributed by atoms with Crippen LogP contribution in [0.3, 0.4) is 0 Å². The van der Waals surface area contributed by atoms with Crippen LogP contribution in [0.4, 0.5) is 8.78 Å². The number of hydrogen-bond donors (Lipinski definition) is 0. The second-order valence-electron chi connectivity index (χ2n) is 1.41.